The lowest BCUT2D eigenvalue weighted by Gasteiger charge is -2.16. The van der Waals surface area contributed by atoms with Crippen LogP contribution in [0.2, 0.25) is 0 Å². The summed E-state index contributed by atoms with van der Waals surface area (Å²) in [6.07, 6.45) is 0.606. The summed E-state index contributed by atoms with van der Waals surface area (Å²) < 4.78 is 10.6. The molecule has 0 aromatic heterocycles. The number of benzene rings is 3. The summed E-state index contributed by atoms with van der Waals surface area (Å²) in [6.45, 7) is 5.51. The second-order valence-electron chi connectivity index (χ2n) is 8.73. The van der Waals surface area contributed by atoms with Crippen LogP contribution in [0.15, 0.2) is 83.5 Å². The van der Waals surface area contributed by atoms with Crippen molar-refractivity contribution in [1.82, 2.24) is 0 Å². The zero-order chi connectivity index (χ0) is 27.4. The van der Waals surface area contributed by atoms with Crippen LogP contribution >= 0.6 is 11.6 Å². The van der Waals surface area contributed by atoms with E-state index in [0.29, 0.717) is 17.0 Å². The minimum Gasteiger partial charge on any atom is -0.459 e. The van der Waals surface area contributed by atoms with Gasteiger partial charge < -0.3 is 14.8 Å². The molecule has 0 saturated carbocycles. The number of hydrogen-bond donors (Lipinski definition) is 1. The maximum Gasteiger partial charge on any atom is 0.343 e. The minimum absolute atomic E-state index is 0.105. The molecule has 9 heteroatoms. The Morgan fingerprint density at radius 2 is 1.42 bits per heavy atom. The fourth-order valence-electron chi connectivity index (χ4n) is 3.67. The number of rotatable bonds is 8. The number of aryl methyl sites for hydroxylation is 1. The fraction of sp³-hybridized carbons (Fsp3) is 0.172. The number of amides is 2. The Bertz CT molecular complexity index is 1410. The van der Waals surface area contributed by atoms with Crippen molar-refractivity contribution in [3.63, 3.8) is 0 Å². The highest BCUT2D eigenvalue weighted by Gasteiger charge is 2.39. The molecule has 0 aliphatic carbocycles. The van der Waals surface area contributed by atoms with Crippen LogP contribution < -0.4 is 15.0 Å². The number of esters is 2. The van der Waals surface area contributed by atoms with Gasteiger partial charge in [-0.25, -0.2) is 14.5 Å². The Balaban J connectivity index is 1.43. The number of nitrogens with zero attached hydrogens (tertiary/aromatic N) is 1. The van der Waals surface area contributed by atoms with Gasteiger partial charge in [0.1, 0.15) is 16.5 Å². The number of carbonyl (C=O) groups is 4. The Morgan fingerprint density at radius 1 is 0.842 bits per heavy atom. The largest absolute Gasteiger partial charge is 0.459 e. The quantitative estimate of drug-likeness (QED) is 0.233. The molecule has 0 unspecified atom stereocenters. The molecule has 38 heavy (non-hydrogen) atoms. The number of halogens is 1. The number of anilines is 2. The standard InChI is InChI=1S/C29H25ClN2O6/c1-4-18-5-15-23(16-6-18)38-29(36)19-7-11-21(12-8-19)31-25-24(30)26(33)32(27(25)34)22-13-9-20(10-14-22)28(35)37-17(2)3/h5-17,31H,4H2,1-3H3. The summed E-state index contributed by atoms with van der Waals surface area (Å²) in [5.74, 6) is -1.96. The molecule has 3 aromatic carbocycles. The second kappa shape index (κ2) is 11.3. The van der Waals surface area contributed by atoms with Gasteiger partial charge in [0.2, 0.25) is 0 Å². The Kier molecular flexibility index (Phi) is 7.93. The lowest BCUT2D eigenvalue weighted by atomic mass is 10.1. The molecule has 8 nitrogen and oxygen atoms in total. The molecular weight excluding hydrogens is 508 g/mol. The summed E-state index contributed by atoms with van der Waals surface area (Å²) in [5.41, 5.74) is 2.32. The van der Waals surface area contributed by atoms with Crippen LogP contribution in [-0.4, -0.2) is 29.9 Å². The molecule has 4 rings (SSSR count). The molecule has 0 bridgehead atoms. The third kappa shape index (κ3) is 5.76. The first-order valence-electron chi connectivity index (χ1n) is 12.0. The summed E-state index contributed by atoms with van der Waals surface area (Å²) >= 11 is 6.21. The predicted molar refractivity (Wildman–Crippen MR) is 143 cm³/mol. The smallest absolute Gasteiger partial charge is 0.343 e. The molecule has 1 aliphatic heterocycles. The maximum absolute atomic E-state index is 13.1. The van der Waals surface area contributed by atoms with Crippen LogP contribution in [0.1, 0.15) is 47.1 Å². The van der Waals surface area contributed by atoms with Crippen molar-refractivity contribution < 1.29 is 28.7 Å². The van der Waals surface area contributed by atoms with Crippen LogP contribution in [0.25, 0.3) is 0 Å². The number of ether oxygens (including phenoxy) is 2. The van der Waals surface area contributed by atoms with E-state index in [4.69, 9.17) is 21.1 Å². The molecule has 3 aromatic rings. The molecule has 0 atom stereocenters. The Morgan fingerprint density at radius 3 is 2.00 bits per heavy atom. The summed E-state index contributed by atoms with van der Waals surface area (Å²) in [6, 6.07) is 19.4. The molecule has 1 heterocycles. The molecule has 194 valence electrons. The fourth-order valence-corrected chi connectivity index (χ4v) is 3.88. The average Bonchev–Trinajstić information content (AvgIpc) is 3.12. The maximum atomic E-state index is 13.1. The SMILES string of the molecule is CCc1ccc(OC(=O)c2ccc(NC3=C(Cl)C(=O)N(c4ccc(C(=O)OC(C)C)cc4)C3=O)cc2)cc1. The highest BCUT2D eigenvalue weighted by molar-refractivity contribution is 6.53. The van der Waals surface area contributed by atoms with Gasteiger partial charge in [-0.15, -0.1) is 0 Å². The summed E-state index contributed by atoms with van der Waals surface area (Å²) in [5, 5.41) is 2.58. The van der Waals surface area contributed by atoms with Gasteiger partial charge in [-0.2, -0.15) is 0 Å². The van der Waals surface area contributed by atoms with E-state index in [2.05, 4.69) is 5.32 Å². The number of imide groups is 1. The van der Waals surface area contributed by atoms with E-state index in [0.717, 1.165) is 16.9 Å². The van der Waals surface area contributed by atoms with E-state index >= 15 is 0 Å². The van der Waals surface area contributed by atoms with Crippen LogP contribution in [0, 0.1) is 0 Å². The highest BCUT2D eigenvalue weighted by atomic mass is 35.5. The number of carbonyl (C=O) groups excluding carboxylic acids is 4. The third-order valence-electron chi connectivity index (χ3n) is 5.66. The van der Waals surface area contributed by atoms with Gasteiger partial charge in [0.05, 0.1) is 22.9 Å². The van der Waals surface area contributed by atoms with E-state index in [9.17, 15) is 19.2 Å². The number of hydrogen-bond acceptors (Lipinski definition) is 7. The first kappa shape index (κ1) is 26.6. The van der Waals surface area contributed by atoms with Crippen molar-refractivity contribution in [2.45, 2.75) is 33.3 Å². The first-order chi connectivity index (χ1) is 18.2. The van der Waals surface area contributed by atoms with Gasteiger partial charge in [0.25, 0.3) is 11.8 Å². The van der Waals surface area contributed by atoms with Crippen LogP contribution in [0.3, 0.4) is 0 Å². The van der Waals surface area contributed by atoms with Crippen LogP contribution in [-0.2, 0) is 20.7 Å². The van der Waals surface area contributed by atoms with Gasteiger partial charge in [-0.05, 0) is 86.5 Å². The monoisotopic (exact) mass is 532 g/mol. The normalized spacial score (nSPS) is 13.2. The molecule has 2 amide bonds. The zero-order valence-corrected chi connectivity index (χ0v) is 21.7. The van der Waals surface area contributed by atoms with E-state index < -0.39 is 23.8 Å². The van der Waals surface area contributed by atoms with Crippen molar-refractivity contribution in [2.24, 2.45) is 0 Å². The van der Waals surface area contributed by atoms with E-state index in [1.165, 1.54) is 36.4 Å². The molecular formula is C29H25ClN2O6. The minimum atomic E-state index is -0.703. The van der Waals surface area contributed by atoms with Crippen LogP contribution in [0.4, 0.5) is 11.4 Å². The van der Waals surface area contributed by atoms with E-state index in [1.54, 1.807) is 38.1 Å². The Hall–Kier alpha value is -4.43. The summed E-state index contributed by atoms with van der Waals surface area (Å²) in [7, 11) is 0. The number of nitrogens with one attached hydrogen (secondary N) is 1. The molecule has 0 radical (unpaired) electrons. The topological polar surface area (TPSA) is 102 Å². The van der Waals surface area contributed by atoms with Gasteiger partial charge >= 0.3 is 11.9 Å². The molecule has 0 spiro atoms. The van der Waals surface area contributed by atoms with Gasteiger partial charge in [0.15, 0.2) is 0 Å². The zero-order valence-electron chi connectivity index (χ0n) is 21.0. The molecule has 1 aliphatic rings. The van der Waals surface area contributed by atoms with Crippen molar-refractivity contribution in [3.05, 3.63) is 100 Å². The summed E-state index contributed by atoms with van der Waals surface area (Å²) in [4.78, 5) is 51.3. The third-order valence-corrected chi connectivity index (χ3v) is 6.01. The lowest BCUT2D eigenvalue weighted by Crippen LogP contribution is -2.32. The first-order valence-corrected chi connectivity index (χ1v) is 12.3. The van der Waals surface area contributed by atoms with Crippen molar-refractivity contribution in [1.29, 1.82) is 0 Å². The van der Waals surface area contributed by atoms with Gasteiger partial charge in [-0.1, -0.05) is 30.7 Å². The highest BCUT2D eigenvalue weighted by Crippen LogP contribution is 2.30. The van der Waals surface area contributed by atoms with E-state index in [-0.39, 0.29) is 28.1 Å². The molecule has 1 N–H and O–H groups in total. The van der Waals surface area contributed by atoms with Crippen molar-refractivity contribution in [3.8, 4) is 5.75 Å². The predicted octanol–water partition coefficient (Wildman–Crippen LogP) is 5.47. The van der Waals surface area contributed by atoms with Crippen molar-refractivity contribution in [2.75, 3.05) is 10.2 Å². The molecule has 0 fully saturated rings. The molecule has 0 saturated heterocycles. The average molecular weight is 533 g/mol. The van der Waals surface area contributed by atoms with Gasteiger partial charge in [-0.3, -0.25) is 9.59 Å². The lowest BCUT2D eigenvalue weighted by molar-refractivity contribution is -0.120. The second-order valence-corrected chi connectivity index (χ2v) is 9.10. The van der Waals surface area contributed by atoms with Gasteiger partial charge in [0, 0.05) is 5.69 Å². The van der Waals surface area contributed by atoms with Crippen molar-refractivity contribution >= 4 is 46.7 Å². The Labute approximate surface area is 224 Å². The van der Waals surface area contributed by atoms with E-state index in [1.807, 2.05) is 19.1 Å². The van der Waals surface area contributed by atoms with Crippen LogP contribution in [0.5, 0.6) is 5.75 Å².